The van der Waals surface area contributed by atoms with Crippen molar-refractivity contribution in [2.24, 2.45) is 0 Å². The van der Waals surface area contributed by atoms with Crippen LogP contribution in [-0.2, 0) is 0 Å². The van der Waals surface area contributed by atoms with Crippen LogP contribution in [0.15, 0.2) is 10.5 Å². The zero-order valence-corrected chi connectivity index (χ0v) is 10.6. The number of hydrogen-bond donors (Lipinski definition) is 1. The van der Waals surface area contributed by atoms with Crippen LogP contribution in [0.1, 0.15) is 42.9 Å². The molecular formula is C11H11BrClFO. The molecule has 2 unspecified atom stereocenters. The van der Waals surface area contributed by atoms with Crippen LogP contribution in [0.5, 0.6) is 0 Å². The summed E-state index contributed by atoms with van der Waals surface area (Å²) in [5, 5.41) is 10.3. The van der Waals surface area contributed by atoms with Crippen molar-refractivity contribution < 1.29 is 9.50 Å². The Kier molecular flexibility index (Phi) is 3.06. The number of hydrogen-bond acceptors (Lipinski definition) is 1. The van der Waals surface area contributed by atoms with Crippen LogP contribution in [-0.4, -0.2) is 5.11 Å². The van der Waals surface area contributed by atoms with Gasteiger partial charge < -0.3 is 5.11 Å². The van der Waals surface area contributed by atoms with E-state index in [9.17, 15) is 9.50 Å². The highest BCUT2D eigenvalue weighted by Crippen LogP contribution is 2.44. The summed E-state index contributed by atoms with van der Waals surface area (Å²) in [7, 11) is 0. The monoisotopic (exact) mass is 292 g/mol. The van der Waals surface area contributed by atoms with E-state index in [-0.39, 0.29) is 11.7 Å². The summed E-state index contributed by atoms with van der Waals surface area (Å²) in [4.78, 5) is 0. The molecule has 1 aromatic rings. The van der Waals surface area contributed by atoms with E-state index in [4.69, 9.17) is 11.6 Å². The van der Waals surface area contributed by atoms with Gasteiger partial charge in [0, 0.05) is 10.0 Å². The van der Waals surface area contributed by atoms with Gasteiger partial charge in [0.05, 0.1) is 11.1 Å². The Morgan fingerprint density at radius 1 is 1.47 bits per heavy atom. The van der Waals surface area contributed by atoms with Crippen molar-refractivity contribution in [3.8, 4) is 0 Å². The summed E-state index contributed by atoms with van der Waals surface area (Å²) in [5.74, 6) is -0.165. The van der Waals surface area contributed by atoms with Gasteiger partial charge in [0.2, 0.25) is 0 Å². The molecule has 1 aliphatic rings. The molecule has 0 amide bonds. The van der Waals surface area contributed by atoms with Gasteiger partial charge in [-0.1, -0.05) is 18.5 Å². The molecule has 82 valence electrons. The minimum atomic E-state index is -0.643. The summed E-state index contributed by atoms with van der Waals surface area (Å²) in [6.07, 6.45) is 0.794. The van der Waals surface area contributed by atoms with Gasteiger partial charge in [-0.15, -0.1) is 0 Å². The van der Waals surface area contributed by atoms with Gasteiger partial charge in [-0.3, -0.25) is 0 Å². The second-order valence-electron chi connectivity index (χ2n) is 3.98. The minimum Gasteiger partial charge on any atom is -0.388 e. The highest BCUT2D eigenvalue weighted by atomic mass is 79.9. The molecule has 0 saturated heterocycles. The lowest BCUT2D eigenvalue weighted by molar-refractivity contribution is 0.150. The lowest BCUT2D eigenvalue weighted by Crippen LogP contribution is -2.15. The van der Waals surface area contributed by atoms with Gasteiger partial charge in [0.15, 0.2) is 0 Å². The summed E-state index contributed by atoms with van der Waals surface area (Å²) in [6.45, 7) is 1.96. The topological polar surface area (TPSA) is 20.2 Å². The molecule has 4 heteroatoms. The molecule has 1 nitrogen and oxygen atoms in total. The number of halogens is 3. The van der Waals surface area contributed by atoms with E-state index in [1.54, 1.807) is 0 Å². The molecule has 0 saturated carbocycles. The first-order chi connectivity index (χ1) is 7.02. The fraction of sp³-hybridized carbons (Fsp3) is 0.455. The van der Waals surface area contributed by atoms with E-state index >= 15 is 0 Å². The van der Waals surface area contributed by atoms with E-state index in [1.807, 2.05) is 6.92 Å². The molecule has 0 bridgehead atoms. The van der Waals surface area contributed by atoms with E-state index in [1.165, 1.54) is 6.07 Å². The summed E-state index contributed by atoms with van der Waals surface area (Å²) in [5.41, 5.74) is 1.13. The molecule has 0 aromatic heterocycles. The average Bonchev–Trinajstić information content (AvgIpc) is 2.18. The Labute approximate surface area is 101 Å². The smallest absolute Gasteiger partial charge is 0.128 e. The van der Waals surface area contributed by atoms with Crippen molar-refractivity contribution in [2.75, 3.05) is 0 Å². The first-order valence-electron chi connectivity index (χ1n) is 4.87. The Bertz CT molecular complexity index is 408. The standard InChI is InChI=1S/C11H11BrClFO/c1-5-2-3-8(15)10-9(5)7(14)4-6(12)11(10)13/h4-5,8,15H,2-3H2,1H3. The molecule has 0 fully saturated rings. The molecule has 1 aliphatic carbocycles. The van der Waals surface area contributed by atoms with Gasteiger partial charge in [-0.2, -0.15) is 0 Å². The van der Waals surface area contributed by atoms with Gasteiger partial charge in [0.25, 0.3) is 0 Å². The normalized spacial score (nSPS) is 25.1. The van der Waals surface area contributed by atoms with Gasteiger partial charge >= 0.3 is 0 Å². The Morgan fingerprint density at radius 3 is 2.80 bits per heavy atom. The maximum atomic E-state index is 13.7. The maximum absolute atomic E-state index is 13.7. The Morgan fingerprint density at radius 2 is 2.13 bits per heavy atom. The van der Waals surface area contributed by atoms with Crippen molar-refractivity contribution in [3.05, 3.63) is 32.5 Å². The molecule has 2 rings (SSSR count). The molecule has 2 atom stereocenters. The number of aliphatic hydroxyl groups excluding tert-OH is 1. The fourth-order valence-electron chi connectivity index (χ4n) is 2.15. The lowest BCUT2D eigenvalue weighted by Gasteiger charge is -2.28. The zero-order valence-electron chi connectivity index (χ0n) is 8.23. The number of aliphatic hydroxyl groups is 1. The largest absolute Gasteiger partial charge is 0.388 e. The third-order valence-electron chi connectivity index (χ3n) is 2.95. The van der Waals surface area contributed by atoms with Crippen LogP contribution in [0, 0.1) is 5.82 Å². The SMILES string of the molecule is CC1CCC(O)c2c(Cl)c(Br)cc(F)c21. The van der Waals surface area contributed by atoms with Gasteiger partial charge in [-0.05, 0) is 46.3 Å². The molecular weight excluding hydrogens is 282 g/mol. The number of benzene rings is 1. The molecule has 15 heavy (non-hydrogen) atoms. The van der Waals surface area contributed by atoms with Crippen LogP contribution in [0.2, 0.25) is 5.02 Å². The molecule has 0 spiro atoms. The lowest BCUT2D eigenvalue weighted by atomic mass is 9.82. The first-order valence-corrected chi connectivity index (χ1v) is 6.04. The third kappa shape index (κ3) is 1.81. The van der Waals surface area contributed by atoms with Crippen LogP contribution in [0.3, 0.4) is 0 Å². The summed E-state index contributed by atoms with van der Waals surface area (Å²) >= 11 is 9.26. The Hall–Kier alpha value is -0.120. The van der Waals surface area contributed by atoms with Crippen molar-refractivity contribution >= 4 is 27.5 Å². The number of rotatable bonds is 0. The van der Waals surface area contributed by atoms with E-state index in [0.29, 0.717) is 27.0 Å². The average molecular weight is 294 g/mol. The van der Waals surface area contributed by atoms with Gasteiger partial charge in [-0.25, -0.2) is 4.39 Å². The minimum absolute atomic E-state index is 0.119. The summed E-state index contributed by atoms with van der Waals surface area (Å²) in [6, 6.07) is 1.37. The zero-order chi connectivity index (χ0) is 11.2. The third-order valence-corrected chi connectivity index (χ3v) is 4.21. The molecule has 0 aliphatic heterocycles. The highest BCUT2D eigenvalue weighted by Gasteiger charge is 2.29. The highest BCUT2D eigenvalue weighted by molar-refractivity contribution is 9.10. The van der Waals surface area contributed by atoms with E-state index in [2.05, 4.69) is 15.9 Å². The van der Waals surface area contributed by atoms with E-state index < -0.39 is 6.10 Å². The van der Waals surface area contributed by atoms with E-state index in [0.717, 1.165) is 6.42 Å². The molecule has 0 radical (unpaired) electrons. The predicted molar refractivity (Wildman–Crippen MR) is 61.7 cm³/mol. The second-order valence-corrected chi connectivity index (χ2v) is 5.21. The van der Waals surface area contributed by atoms with Gasteiger partial charge in [0.1, 0.15) is 5.82 Å². The fourth-order valence-corrected chi connectivity index (χ4v) is 2.85. The molecule has 1 N–H and O–H groups in total. The number of fused-ring (bicyclic) bond motifs is 1. The summed E-state index contributed by atoms with van der Waals surface area (Å²) < 4.78 is 14.2. The van der Waals surface area contributed by atoms with Crippen molar-refractivity contribution in [2.45, 2.75) is 31.8 Å². The van der Waals surface area contributed by atoms with Crippen LogP contribution in [0.25, 0.3) is 0 Å². The first kappa shape index (κ1) is 11.4. The van der Waals surface area contributed by atoms with Crippen molar-refractivity contribution in [1.82, 2.24) is 0 Å². The quantitative estimate of drug-likeness (QED) is 0.712. The maximum Gasteiger partial charge on any atom is 0.128 e. The van der Waals surface area contributed by atoms with Crippen molar-refractivity contribution in [1.29, 1.82) is 0 Å². The van der Waals surface area contributed by atoms with Crippen LogP contribution in [0.4, 0.5) is 4.39 Å². The molecule has 0 heterocycles. The molecule has 1 aromatic carbocycles. The second kappa shape index (κ2) is 4.04. The Balaban J connectivity index is 2.71. The van der Waals surface area contributed by atoms with Crippen LogP contribution < -0.4 is 0 Å². The van der Waals surface area contributed by atoms with Crippen LogP contribution >= 0.6 is 27.5 Å². The predicted octanol–water partition coefficient (Wildman–Crippen LogP) is 4.17. The van der Waals surface area contributed by atoms with Crippen molar-refractivity contribution in [3.63, 3.8) is 0 Å².